The van der Waals surface area contributed by atoms with Crippen molar-refractivity contribution in [1.82, 2.24) is 10.2 Å². The Morgan fingerprint density at radius 3 is 2.95 bits per heavy atom. The third-order valence-corrected chi connectivity index (χ3v) is 4.01. The Labute approximate surface area is 120 Å². The van der Waals surface area contributed by atoms with Crippen molar-refractivity contribution >= 4 is 11.6 Å². The molecule has 0 aromatic heterocycles. The number of benzene rings is 1. The summed E-state index contributed by atoms with van der Waals surface area (Å²) in [6.45, 7) is 6.04. The smallest absolute Gasteiger partial charge is 0.120 e. The third kappa shape index (κ3) is 4.37. The normalized spacial score (nSPS) is 19.8. The molecular formula is C15H23ClN2O. The fourth-order valence-electron chi connectivity index (χ4n) is 2.62. The molecule has 0 spiro atoms. The van der Waals surface area contributed by atoms with E-state index in [0.717, 1.165) is 31.7 Å². The lowest BCUT2D eigenvalue weighted by atomic mass is 10.0. The maximum Gasteiger partial charge on any atom is 0.120 e. The van der Waals surface area contributed by atoms with Crippen molar-refractivity contribution in [3.05, 3.63) is 28.8 Å². The van der Waals surface area contributed by atoms with Crippen molar-refractivity contribution < 1.29 is 5.11 Å². The molecule has 0 saturated carbocycles. The second-order valence-corrected chi connectivity index (χ2v) is 5.68. The van der Waals surface area contributed by atoms with Gasteiger partial charge in [0.15, 0.2) is 0 Å². The molecule has 1 saturated heterocycles. The molecule has 1 heterocycles. The summed E-state index contributed by atoms with van der Waals surface area (Å²) in [6, 6.07) is 5.83. The zero-order valence-electron chi connectivity index (χ0n) is 11.5. The van der Waals surface area contributed by atoms with E-state index >= 15 is 0 Å². The van der Waals surface area contributed by atoms with Crippen LogP contribution in [0.2, 0.25) is 5.02 Å². The summed E-state index contributed by atoms with van der Waals surface area (Å²) in [7, 11) is 0. The van der Waals surface area contributed by atoms with E-state index in [1.54, 1.807) is 12.1 Å². The minimum atomic E-state index is 0.333. The minimum absolute atomic E-state index is 0.333. The number of halogens is 1. The molecule has 2 rings (SSSR count). The first-order valence-corrected chi connectivity index (χ1v) is 7.50. The molecule has 0 bridgehead atoms. The van der Waals surface area contributed by atoms with Crippen molar-refractivity contribution in [3.63, 3.8) is 0 Å². The number of likely N-dealkylation sites (N-methyl/N-ethyl adjacent to an activating group) is 1. The second-order valence-electron chi connectivity index (χ2n) is 5.25. The highest BCUT2D eigenvalue weighted by atomic mass is 35.5. The van der Waals surface area contributed by atoms with Crippen LogP contribution in [0.5, 0.6) is 5.75 Å². The van der Waals surface area contributed by atoms with Crippen LogP contribution >= 0.6 is 11.6 Å². The Hall–Kier alpha value is -0.770. The molecule has 0 amide bonds. The molecule has 1 atom stereocenters. The van der Waals surface area contributed by atoms with Gasteiger partial charge in [-0.15, -0.1) is 0 Å². The Morgan fingerprint density at radius 1 is 1.42 bits per heavy atom. The van der Waals surface area contributed by atoms with Crippen molar-refractivity contribution in [1.29, 1.82) is 0 Å². The molecule has 19 heavy (non-hydrogen) atoms. The third-order valence-electron chi connectivity index (χ3n) is 3.77. The first-order chi connectivity index (χ1) is 9.19. The minimum Gasteiger partial charge on any atom is -0.508 e. The number of rotatable bonds is 5. The van der Waals surface area contributed by atoms with Gasteiger partial charge in [-0.25, -0.2) is 0 Å². The Kier molecular flexibility index (Phi) is 5.49. The molecule has 2 N–H and O–H groups in total. The Morgan fingerprint density at radius 2 is 2.26 bits per heavy atom. The molecule has 0 aliphatic carbocycles. The van der Waals surface area contributed by atoms with Crippen LogP contribution in [0.4, 0.5) is 0 Å². The van der Waals surface area contributed by atoms with E-state index in [1.807, 2.05) is 6.07 Å². The van der Waals surface area contributed by atoms with Crippen LogP contribution in [0.1, 0.15) is 31.7 Å². The average molecular weight is 283 g/mol. The highest BCUT2D eigenvalue weighted by Crippen LogP contribution is 2.23. The standard InChI is InChI=1S/C15H23ClN2O/c1-2-18(11-14-5-3-4-8-17-14)10-12-9-13(16)6-7-15(12)19/h6-7,9,14,17,19H,2-5,8,10-11H2,1H3. The largest absolute Gasteiger partial charge is 0.508 e. The zero-order valence-corrected chi connectivity index (χ0v) is 12.3. The molecule has 1 unspecified atom stereocenters. The molecule has 1 fully saturated rings. The van der Waals surface area contributed by atoms with E-state index in [9.17, 15) is 5.11 Å². The first-order valence-electron chi connectivity index (χ1n) is 7.12. The van der Waals surface area contributed by atoms with Gasteiger partial charge in [0, 0.05) is 29.7 Å². The molecule has 106 valence electrons. The van der Waals surface area contributed by atoms with Gasteiger partial charge in [-0.3, -0.25) is 4.90 Å². The number of hydrogen-bond donors (Lipinski definition) is 2. The number of phenols is 1. The van der Waals surface area contributed by atoms with Crippen LogP contribution in [-0.2, 0) is 6.54 Å². The SMILES string of the molecule is CCN(Cc1cc(Cl)ccc1O)CC1CCCCN1. The monoisotopic (exact) mass is 282 g/mol. The quantitative estimate of drug-likeness (QED) is 0.871. The molecule has 1 aromatic rings. The number of phenolic OH excluding ortho intramolecular Hbond substituents is 1. The van der Waals surface area contributed by atoms with Gasteiger partial charge in [0.1, 0.15) is 5.75 Å². The van der Waals surface area contributed by atoms with Crippen LogP contribution in [0.15, 0.2) is 18.2 Å². The number of nitrogens with one attached hydrogen (secondary N) is 1. The average Bonchev–Trinajstić information content (AvgIpc) is 2.43. The molecule has 1 aromatic carbocycles. The molecule has 3 nitrogen and oxygen atoms in total. The van der Waals surface area contributed by atoms with Crippen LogP contribution in [0, 0.1) is 0 Å². The maximum atomic E-state index is 9.88. The second kappa shape index (κ2) is 7.13. The Bertz CT molecular complexity index is 405. The highest BCUT2D eigenvalue weighted by molar-refractivity contribution is 6.30. The topological polar surface area (TPSA) is 35.5 Å². The summed E-state index contributed by atoms with van der Waals surface area (Å²) in [5.74, 6) is 0.333. The predicted molar refractivity (Wildman–Crippen MR) is 79.7 cm³/mol. The number of piperidine rings is 1. The fourth-order valence-corrected chi connectivity index (χ4v) is 2.81. The summed E-state index contributed by atoms with van der Waals surface area (Å²) in [5, 5.41) is 14.1. The van der Waals surface area contributed by atoms with Crippen LogP contribution < -0.4 is 5.32 Å². The van der Waals surface area contributed by atoms with E-state index in [4.69, 9.17) is 11.6 Å². The van der Waals surface area contributed by atoms with E-state index in [-0.39, 0.29) is 0 Å². The van der Waals surface area contributed by atoms with Crippen molar-refractivity contribution in [2.75, 3.05) is 19.6 Å². The van der Waals surface area contributed by atoms with Crippen LogP contribution in [0.25, 0.3) is 0 Å². The maximum absolute atomic E-state index is 9.88. The summed E-state index contributed by atoms with van der Waals surface area (Å²) < 4.78 is 0. The molecular weight excluding hydrogens is 260 g/mol. The molecule has 1 aliphatic heterocycles. The van der Waals surface area contributed by atoms with Gasteiger partial charge in [0.25, 0.3) is 0 Å². The van der Waals surface area contributed by atoms with Gasteiger partial charge in [-0.2, -0.15) is 0 Å². The number of nitrogens with zero attached hydrogens (tertiary/aromatic N) is 1. The summed E-state index contributed by atoms with van der Waals surface area (Å²) >= 11 is 5.99. The molecule has 4 heteroatoms. The molecule has 0 radical (unpaired) electrons. The lowest BCUT2D eigenvalue weighted by molar-refractivity contribution is 0.224. The van der Waals surface area contributed by atoms with Crippen molar-refractivity contribution in [3.8, 4) is 5.75 Å². The predicted octanol–water partition coefficient (Wildman–Crippen LogP) is 3.01. The number of hydrogen-bond acceptors (Lipinski definition) is 3. The fraction of sp³-hybridized carbons (Fsp3) is 0.600. The van der Waals surface area contributed by atoms with Crippen molar-refractivity contribution in [2.24, 2.45) is 0 Å². The van der Waals surface area contributed by atoms with Gasteiger partial charge in [-0.05, 0) is 44.1 Å². The number of aromatic hydroxyl groups is 1. The van der Waals surface area contributed by atoms with E-state index in [2.05, 4.69) is 17.1 Å². The zero-order chi connectivity index (χ0) is 13.7. The van der Waals surface area contributed by atoms with Crippen molar-refractivity contribution in [2.45, 2.75) is 38.8 Å². The molecule has 1 aliphatic rings. The van der Waals surface area contributed by atoms with Gasteiger partial charge in [0.05, 0.1) is 0 Å². The first kappa shape index (κ1) is 14.6. The van der Waals surface area contributed by atoms with Crippen LogP contribution in [-0.4, -0.2) is 35.7 Å². The van der Waals surface area contributed by atoms with Gasteiger partial charge < -0.3 is 10.4 Å². The van der Waals surface area contributed by atoms with E-state index in [1.165, 1.54) is 19.3 Å². The lowest BCUT2D eigenvalue weighted by Crippen LogP contribution is -2.43. The summed E-state index contributed by atoms with van der Waals surface area (Å²) in [4.78, 5) is 2.36. The Balaban J connectivity index is 1.95. The van der Waals surface area contributed by atoms with Crippen LogP contribution in [0.3, 0.4) is 0 Å². The van der Waals surface area contributed by atoms with Gasteiger partial charge in [0.2, 0.25) is 0 Å². The lowest BCUT2D eigenvalue weighted by Gasteiger charge is -2.30. The highest BCUT2D eigenvalue weighted by Gasteiger charge is 2.16. The van der Waals surface area contributed by atoms with E-state index in [0.29, 0.717) is 16.8 Å². The summed E-state index contributed by atoms with van der Waals surface area (Å²) in [5.41, 5.74) is 0.908. The van der Waals surface area contributed by atoms with Gasteiger partial charge >= 0.3 is 0 Å². The van der Waals surface area contributed by atoms with Gasteiger partial charge in [-0.1, -0.05) is 24.9 Å². The summed E-state index contributed by atoms with van der Waals surface area (Å²) in [6.07, 6.45) is 3.85. The van der Waals surface area contributed by atoms with E-state index < -0.39 is 0 Å².